The average molecular weight is 315 g/mol. The van der Waals surface area contributed by atoms with E-state index in [0.717, 1.165) is 32.0 Å². The molecule has 1 saturated heterocycles. The molecule has 2 heterocycles. The number of rotatable bonds is 4. The Kier molecular flexibility index (Phi) is 5.46. The van der Waals surface area contributed by atoms with Gasteiger partial charge in [0, 0.05) is 25.8 Å². The van der Waals surface area contributed by atoms with Gasteiger partial charge in [0.25, 0.3) is 0 Å². The lowest BCUT2D eigenvalue weighted by Crippen LogP contribution is -2.41. The monoisotopic (exact) mass is 315 g/mol. The van der Waals surface area contributed by atoms with E-state index in [-0.39, 0.29) is 12.4 Å². The molecule has 1 aromatic heterocycles. The van der Waals surface area contributed by atoms with Gasteiger partial charge in [0.05, 0.1) is 12.1 Å². The number of nitrogens with one attached hydrogen (secondary N) is 1. The molecule has 1 aliphatic heterocycles. The summed E-state index contributed by atoms with van der Waals surface area (Å²) >= 11 is 0. The largest absolute Gasteiger partial charge is 0.419 e. The van der Waals surface area contributed by atoms with Gasteiger partial charge in [-0.15, -0.1) is 0 Å². The normalized spacial score (nSPS) is 16.7. The van der Waals surface area contributed by atoms with E-state index in [0.29, 0.717) is 12.5 Å². The maximum atomic E-state index is 12.8. The van der Waals surface area contributed by atoms with Crippen molar-refractivity contribution in [3.05, 3.63) is 23.9 Å². The number of nitrogens with zero attached hydrogens (tertiary/aromatic N) is 3. The number of halogens is 3. The predicted molar refractivity (Wildman–Crippen MR) is 79.6 cm³/mol. The quantitative estimate of drug-likeness (QED) is 0.508. The Hall–Kier alpha value is -1.99. The SMILES string of the molecule is NC(=NCCNc1ncccc1C(F)(F)F)N1CCCCC1. The summed E-state index contributed by atoms with van der Waals surface area (Å²) in [6, 6.07) is 2.27. The highest BCUT2D eigenvalue weighted by Gasteiger charge is 2.33. The number of nitrogens with two attached hydrogens (primary N) is 1. The van der Waals surface area contributed by atoms with E-state index in [9.17, 15) is 13.2 Å². The highest BCUT2D eigenvalue weighted by atomic mass is 19.4. The molecule has 2 rings (SSSR count). The molecule has 0 saturated carbocycles. The molecule has 122 valence electrons. The van der Waals surface area contributed by atoms with Crippen LogP contribution in [0.25, 0.3) is 0 Å². The molecule has 0 spiro atoms. The number of alkyl halides is 3. The van der Waals surface area contributed by atoms with Crippen LogP contribution in [0.4, 0.5) is 19.0 Å². The van der Waals surface area contributed by atoms with Gasteiger partial charge in [-0.3, -0.25) is 4.99 Å². The Balaban J connectivity index is 1.86. The maximum Gasteiger partial charge on any atom is 0.419 e. The summed E-state index contributed by atoms with van der Waals surface area (Å²) in [6.45, 7) is 2.33. The van der Waals surface area contributed by atoms with Gasteiger partial charge in [0.2, 0.25) is 0 Å². The van der Waals surface area contributed by atoms with Crippen LogP contribution in [0.3, 0.4) is 0 Å². The van der Waals surface area contributed by atoms with E-state index in [1.54, 1.807) is 0 Å². The molecule has 5 nitrogen and oxygen atoms in total. The average Bonchev–Trinajstić information content (AvgIpc) is 2.51. The number of likely N-dealkylation sites (tertiary alicyclic amines) is 1. The lowest BCUT2D eigenvalue weighted by molar-refractivity contribution is -0.137. The van der Waals surface area contributed by atoms with Crippen LogP contribution in [0, 0.1) is 0 Å². The van der Waals surface area contributed by atoms with Crippen LogP contribution in [0.2, 0.25) is 0 Å². The Morgan fingerprint density at radius 2 is 2.05 bits per heavy atom. The number of hydrogen-bond donors (Lipinski definition) is 2. The van der Waals surface area contributed by atoms with Crippen molar-refractivity contribution < 1.29 is 13.2 Å². The van der Waals surface area contributed by atoms with Crippen molar-refractivity contribution in [2.45, 2.75) is 25.4 Å². The second-order valence-electron chi connectivity index (χ2n) is 5.11. The fraction of sp³-hybridized carbons (Fsp3) is 0.571. The summed E-state index contributed by atoms with van der Waals surface area (Å²) in [5.41, 5.74) is 5.10. The predicted octanol–water partition coefficient (Wildman–Crippen LogP) is 2.31. The summed E-state index contributed by atoms with van der Waals surface area (Å²) in [5, 5.41) is 2.67. The van der Waals surface area contributed by atoms with E-state index < -0.39 is 11.7 Å². The zero-order valence-corrected chi connectivity index (χ0v) is 12.2. The molecular weight excluding hydrogens is 295 g/mol. The molecule has 0 bridgehead atoms. The molecule has 0 unspecified atom stereocenters. The third kappa shape index (κ3) is 4.51. The maximum absolute atomic E-state index is 12.8. The number of guanidine groups is 1. The first kappa shape index (κ1) is 16.4. The lowest BCUT2D eigenvalue weighted by Gasteiger charge is -2.27. The van der Waals surface area contributed by atoms with Gasteiger partial charge < -0.3 is 16.0 Å². The molecule has 0 aromatic carbocycles. The Morgan fingerprint density at radius 1 is 1.32 bits per heavy atom. The van der Waals surface area contributed by atoms with Crippen LogP contribution in [-0.2, 0) is 6.18 Å². The Bertz CT molecular complexity index is 509. The van der Waals surface area contributed by atoms with Gasteiger partial charge in [-0.1, -0.05) is 0 Å². The molecule has 1 aromatic rings. The summed E-state index contributed by atoms with van der Waals surface area (Å²) < 4.78 is 38.4. The summed E-state index contributed by atoms with van der Waals surface area (Å²) in [7, 11) is 0. The first-order valence-electron chi connectivity index (χ1n) is 7.29. The van der Waals surface area contributed by atoms with Gasteiger partial charge in [0.1, 0.15) is 5.82 Å². The highest BCUT2D eigenvalue weighted by molar-refractivity contribution is 5.78. The van der Waals surface area contributed by atoms with Crippen molar-refractivity contribution in [3.63, 3.8) is 0 Å². The van der Waals surface area contributed by atoms with E-state index in [2.05, 4.69) is 15.3 Å². The Labute approximate surface area is 127 Å². The first-order chi connectivity index (χ1) is 10.5. The van der Waals surface area contributed by atoms with Gasteiger partial charge in [-0.05, 0) is 31.4 Å². The molecule has 3 N–H and O–H groups in total. The van der Waals surface area contributed by atoms with Gasteiger partial charge in [-0.2, -0.15) is 13.2 Å². The zero-order valence-electron chi connectivity index (χ0n) is 12.2. The molecule has 1 fully saturated rings. The summed E-state index contributed by atoms with van der Waals surface area (Å²) in [4.78, 5) is 9.94. The van der Waals surface area contributed by atoms with E-state index in [4.69, 9.17) is 5.73 Å². The molecule has 22 heavy (non-hydrogen) atoms. The number of hydrogen-bond acceptors (Lipinski definition) is 3. The zero-order chi connectivity index (χ0) is 16.0. The molecule has 1 aliphatic rings. The Morgan fingerprint density at radius 3 is 2.73 bits per heavy atom. The van der Waals surface area contributed by atoms with Gasteiger partial charge >= 0.3 is 6.18 Å². The van der Waals surface area contributed by atoms with Crippen molar-refractivity contribution in [3.8, 4) is 0 Å². The third-order valence-corrected chi connectivity index (χ3v) is 3.47. The van der Waals surface area contributed by atoms with Gasteiger partial charge in [-0.25, -0.2) is 4.98 Å². The van der Waals surface area contributed by atoms with E-state index in [1.807, 2.05) is 4.90 Å². The summed E-state index contributed by atoms with van der Waals surface area (Å²) in [5.74, 6) is 0.278. The second kappa shape index (κ2) is 7.33. The minimum Gasteiger partial charge on any atom is -0.370 e. The minimum absolute atomic E-state index is 0.179. The second-order valence-corrected chi connectivity index (χ2v) is 5.11. The number of aliphatic imine (C=N–C) groups is 1. The van der Waals surface area contributed by atoms with Gasteiger partial charge in [0.15, 0.2) is 5.96 Å². The fourth-order valence-corrected chi connectivity index (χ4v) is 2.34. The lowest BCUT2D eigenvalue weighted by atomic mass is 10.1. The number of pyridine rings is 1. The van der Waals surface area contributed by atoms with Crippen LogP contribution < -0.4 is 11.1 Å². The standard InChI is InChI=1S/C14H20F3N5/c15-14(16,17)11-5-4-6-19-12(11)20-7-8-21-13(18)22-9-2-1-3-10-22/h4-6H,1-3,7-10H2,(H2,18,21)(H,19,20). The van der Waals surface area contributed by atoms with E-state index in [1.165, 1.54) is 18.7 Å². The molecule has 0 amide bonds. The van der Waals surface area contributed by atoms with Crippen molar-refractivity contribution in [2.24, 2.45) is 10.7 Å². The van der Waals surface area contributed by atoms with Crippen molar-refractivity contribution >= 4 is 11.8 Å². The van der Waals surface area contributed by atoms with Crippen LogP contribution >= 0.6 is 0 Å². The number of piperidine rings is 1. The van der Waals surface area contributed by atoms with Crippen LogP contribution in [-0.4, -0.2) is 42.0 Å². The topological polar surface area (TPSA) is 66.5 Å². The van der Waals surface area contributed by atoms with E-state index >= 15 is 0 Å². The highest BCUT2D eigenvalue weighted by Crippen LogP contribution is 2.33. The number of anilines is 1. The third-order valence-electron chi connectivity index (χ3n) is 3.47. The van der Waals surface area contributed by atoms with Crippen molar-refractivity contribution in [1.82, 2.24) is 9.88 Å². The van der Waals surface area contributed by atoms with Crippen molar-refractivity contribution in [2.75, 3.05) is 31.5 Å². The van der Waals surface area contributed by atoms with Crippen LogP contribution in [0.5, 0.6) is 0 Å². The molecule has 8 heteroatoms. The molecule has 0 aliphatic carbocycles. The summed E-state index contributed by atoms with van der Waals surface area (Å²) in [6.07, 6.45) is 0.287. The number of aromatic nitrogens is 1. The smallest absolute Gasteiger partial charge is 0.370 e. The van der Waals surface area contributed by atoms with Crippen molar-refractivity contribution in [1.29, 1.82) is 0 Å². The molecule has 0 atom stereocenters. The van der Waals surface area contributed by atoms with Crippen LogP contribution in [0.15, 0.2) is 23.3 Å². The molecular formula is C14H20F3N5. The first-order valence-corrected chi connectivity index (χ1v) is 7.29. The molecule has 0 radical (unpaired) electrons. The minimum atomic E-state index is -4.42. The van der Waals surface area contributed by atoms with Crippen LogP contribution in [0.1, 0.15) is 24.8 Å². The fourth-order valence-electron chi connectivity index (χ4n) is 2.34.